The van der Waals surface area contributed by atoms with Crippen molar-refractivity contribution < 1.29 is 39.2 Å². The monoisotopic (exact) mass is 551 g/mol. The van der Waals surface area contributed by atoms with E-state index in [0.29, 0.717) is 23.4 Å². The summed E-state index contributed by atoms with van der Waals surface area (Å²) in [6.07, 6.45) is 1.74. The van der Waals surface area contributed by atoms with Crippen LogP contribution in [-0.4, -0.2) is 74.6 Å². The number of Topliss-reactive ketones (excluding diaryl/α,β-unsaturated/α-hetero) is 2. The molecule has 5 rings (SSSR count). The minimum atomic E-state index is -2.67. The molecule has 0 saturated heterocycles. The zero-order valence-corrected chi connectivity index (χ0v) is 22.7. The maximum Gasteiger partial charge on any atom is 0.255 e. The molecule has 0 fully saturated rings. The number of furan rings is 1. The van der Waals surface area contributed by atoms with E-state index in [-0.39, 0.29) is 35.8 Å². The number of hydrogen-bond donors (Lipinski definition) is 6. The van der Waals surface area contributed by atoms with Crippen LogP contribution in [0.15, 0.2) is 51.5 Å². The third kappa shape index (κ3) is 3.87. The zero-order valence-electron chi connectivity index (χ0n) is 22.7. The summed E-state index contributed by atoms with van der Waals surface area (Å²) < 4.78 is 5.83. The molecule has 0 saturated carbocycles. The van der Waals surface area contributed by atoms with Crippen LogP contribution in [-0.2, 0) is 22.6 Å². The molecule has 1 heterocycles. The van der Waals surface area contributed by atoms with Crippen LogP contribution in [0.25, 0.3) is 11.3 Å². The topological polar surface area (TPSA) is 187 Å². The van der Waals surface area contributed by atoms with Crippen LogP contribution < -0.4 is 11.1 Å². The minimum absolute atomic E-state index is 0.0147. The fourth-order valence-electron chi connectivity index (χ4n) is 6.49. The first-order chi connectivity index (χ1) is 18.8. The number of rotatable bonds is 6. The fraction of sp³-hybridized carbons (Fsp3) is 0.414. The first-order valence-electron chi connectivity index (χ1n) is 13.1. The number of aliphatic hydroxyl groups excluding tert-OH is 2. The molecule has 11 nitrogen and oxygen atoms in total. The minimum Gasteiger partial charge on any atom is -0.510 e. The quantitative estimate of drug-likeness (QED) is 0.289. The molecular formula is C29H33N3O8. The van der Waals surface area contributed by atoms with Gasteiger partial charge >= 0.3 is 0 Å². The van der Waals surface area contributed by atoms with Gasteiger partial charge < -0.3 is 35.9 Å². The van der Waals surface area contributed by atoms with Crippen LogP contribution in [0.3, 0.4) is 0 Å². The van der Waals surface area contributed by atoms with E-state index >= 15 is 0 Å². The van der Waals surface area contributed by atoms with E-state index in [1.165, 1.54) is 11.0 Å². The first kappa shape index (κ1) is 27.6. The highest BCUT2D eigenvalue weighted by molar-refractivity contribution is 6.24. The summed E-state index contributed by atoms with van der Waals surface area (Å²) in [5.74, 6) is -6.30. The molecule has 0 aliphatic heterocycles. The summed E-state index contributed by atoms with van der Waals surface area (Å²) >= 11 is 0. The van der Waals surface area contributed by atoms with E-state index in [4.69, 9.17) is 10.2 Å². The Morgan fingerprint density at radius 1 is 1.20 bits per heavy atom. The van der Waals surface area contributed by atoms with E-state index in [1.807, 2.05) is 19.9 Å². The lowest BCUT2D eigenvalue weighted by Crippen LogP contribution is -2.63. The Balaban J connectivity index is 1.68. The molecule has 1 aromatic heterocycles. The number of carbonyl (C=O) groups is 3. The van der Waals surface area contributed by atoms with Crippen LogP contribution >= 0.6 is 0 Å². The molecule has 1 aromatic carbocycles. The van der Waals surface area contributed by atoms with Gasteiger partial charge in [0.2, 0.25) is 5.78 Å². The average molecular weight is 552 g/mol. The lowest BCUT2D eigenvalue weighted by Gasteiger charge is -2.50. The lowest BCUT2D eigenvalue weighted by atomic mass is 9.58. The molecule has 2 aromatic rings. The largest absolute Gasteiger partial charge is 0.510 e. The number of carbonyl (C=O) groups excluding carboxylic acids is 3. The van der Waals surface area contributed by atoms with E-state index in [9.17, 15) is 34.8 Å². The maximum atomic E-state index is 13.9. The number of nitrogens with zero attached hydrogens (tertiary/aromatic N) is 1. The number of phenolic OH excluding ortho intramolecular Hbond substituents is 1. The SMILES string of the molecule is CC(C)NCc1ccoc1-c1ccc(O)c2c1C[C@H]1C[C@H]3[C@H](N(C)C)C(O)=C(C(N)=O)C(=O)[C@@]3(O)C(O)=C1C2=O. The van der Waals surface area contributed by atoms with Crippen molar-refractivity contribution in [1.82, 2.24) is 10.2 Å². The molecule has 212 valence electrons. The van der Waals surface area contributed by atoms with Crippen LogP contribution in [0.5, 0.6) is 5.75 Å². The molecule has 40 heavy (non-hydrogen) atoms. The van der Waals surface area contributed by atoms with Crippen molar-refractivity contribution in [1.29, 1.82) is 0 Å². The second-order valence-electron chi connectivity index (χ2n) is 11.3. The number of hydrogen-bond acceptors (Lipinski definition) is 10. The van der Waals surface area contributed by atoms with Gasteiger partial charge in [-0.25, -0.2) is 0 Å². The number of nitrogens with one attached hydrogen (secondary N) is 1. The van der Waals surface area contributed by atoms with E-state index in [0.717, 1.165) is 5.56 Å². The smallest absolute Gasteiger partial charge is 0.255 e. The van der Waals surface area contributed by atoms with Crippen LogP contribution in [0.4, 0.5) is 0 Å². The Labute approximate surface area is 230 Å². The molecule has 0 spiro atoms. The molecule has 1 amide bonds. The Bertz CT molecular complexity index is 1500. The molecule has 0 bridgehead atoms. The van der Waals surface area contributed by atoms with Crippen molar-refractivity contribution in [3.8, 4) is 17.1 Å². The summed E-state index contributed by atoms with van der Waals surface area (Å²) in [4.78, 5) is 41.0. The number of nitrogens with two attached hydrogens (primary N) is 1. The standard InChI is InChI=1S/C29H33N3O8/c1-12(2)31-11-13-7-8-40-25(13)15-5-6-18(33)20-16(15)9-14-10-17-22(32(3)4)24(35)21(28(30)38)27(37)29(17,39)26(36)19(14)23(20)34/h5-8,12,14,17,22,31,33,35-36,39H,9-11H2,1-4H3,(H2,30,38)/t14-,17-,22-,29-/m0/s1. The molecule has 7 N–H and O–H groups in total. The molecule has 3 aliphatic carbocycles. The molecule has 0 unspecified atom stereocenters. The summed E-state index contributed by atoms with van der Waals surface area (Å²) in [7, 11) is 3.18. The highest BCUT2D eigenvalue weighted by Gasteiger charge is 2.63. The van der Waals surface area contributed by atoms with E-state index in [2.05, 4.69) is 5.32 Å². The van der Waals surface area contributed by atoms with Crippen LogP contribution in [0.1, 0.15) is 41.8 Å². The van der Waals surface area contributed by atoms with Crippen molar-refractivity contribution in [2.75, 3.05) is 14.1 Å². The van der Waals surface area contributed by atoms with Crippen molar-refractivity contribution >= 4 is 17.5 Å². The van der Waals surface area contributed by atoms with Gasteiger partial charge in [0.25, 0.3) is 5.91 Å². The Kier molecular flexibility index (Phi) is 6.64. The predicted molar refractivity (Wildman–Crippen MR) is 143 cm³/mol. The third-order valence-corrected chi connectivity index (χ3v) is 8.30. The van der Waals surface area contributed by atoms with Crippen LogP contribution in [0, 0.1) is 11.8 Å². The van der Waals surface area contributed by atoms with E-state index < -0.39 is 58.0 Å². The van der Waals surface area contributed by atoms with Crippen LogP contribution in [0.2, 0.25) is 0 Å². The van der Waals surface area contributed by atoms with Gasteiger partial charge in [-0.2, -0.15) is 0 Å². The van der Waals surface area contributed by atoms with Gasteiger partial charge in [0.15, 0.2) is 11.4 Å². The van der Waals surface area contributed by atoms with E-state index in [1.54, 1.807) is 26.4 Å². The van der Waals surface area contributed by atoms with Gasteiger partial charge in [-0.15, -0.1) is 0 Å². The molecule has 0 radical (unpaired) electrons. The lowest BCUT2D eigenvalue weighted by molar-refractivity contribution is -0.148. The van der Waals surface area contributed by atoms with Gasteiger partial charge in [-0.05, 0) is 56.6 Å². The zero-order chi connectivity index (χ0) is 29.3. The highest BCUT2D eigenvalue weighted by atomic mass is 16.3. The number of aliphatic hydroxyl groups is 3. The van der Waals surface area contributed by atoms with Gasteiger partial charge in [0.05, 0.1) is 17.9 Å². The van der Waals surface area contributed by atoms with Gasteiger partial charge in [0, 0.05) is 35.2 Å². The summed E-state index contributed by atoms with van der Waals surface area (Å²) in [6, 6.07) is 4.04. The fourth-order valence-corrected chi connectivity index (χ4v) is 6.49. The predicted octanol–water partition coefficient (Wildman–Crippen LogP) is 1.88. The first-order valence-corrected chi connectivity index (χ1v) is 13.1. The van der Waals surface area contributed by atoms with Gasteiger partial charge in [-0.3, -0.25) is 19.3 Å². The number of phenols is 1. The normalized spacial score (nSPS) is 26.3. The number of ketones is 2. The Morgan fingerprint density at radius 3 is 2.52 bits per heavy atom. The van der Waals surface area contributed by atoms with Gasteiger partial charge in [-0.1, -0.05) is 13.8 Å². The summed E-state index contributed by atoms with van der Waals surface area (Å²) in [6.45, 7) is 4.54. The number of amides is 1. The average Bonchev–Trinajstić information content (AvgIpc) is 3.33. The van der Waals surface area contributed by atoms with Crippen molar-refractivity contribution in [3.63, 3.8) is 0 Å². The van der Waals surface area contributed by atoms with Crippen molar-refractivity contribution in [2.24, 2.45) is 17.6 Å². The summed E-state index contributed by atoms with van der Waals surface area (Å²) in [5.41, 5.74) is 3.58. The summed E-state index contributed by atoms with van der Waals surface area (Å²) in [5, 5.41) is 48.2. The number of primary amides is 1. The number of likely N-dealkylation sites (N-methyl/N-ethyl adjacent to an activating group) is 1. The van der Waals surface area contributed by atoms with Crippen molar-refractivity contribution in [3.05, 3.63) is 63.8 Å². The Morgan fingerprint density at radius 2 is 1.90 bits per heavy atom. The number of allylic oxidation sites excluding steroid dienone is 1. The molecule has 3 aliphatic rings. The third-order valence-electron chi connectivity index (χ3n) is 8.30. The van der Waals surface area contributed by atoms with Crippen molar-refractivity contribution in [2.45, 2.75) is 50.9 Å². The number of fused-ring (bicyclic) bond motifs is 3. The molecule has 11 heteroatoms. The number of benzene rings is 1. The second kappa shape index (κ2) is 9.61. The van der Waals surface area contributed by atoms with Gasteiger partial charge in [0.1, 0.15) is 28.6 Å². The Hall–Kier alpha value is -3.93. The molecule has 4 atom stereocenters. The second-order valence-corrected chi connectivity index (χ2v) is 11.3. The molecular weight excluding hydrogens is 518 g/mol. The maximum absolute atomic E-state index is 13.9. The highest BCUT2D eigenvalue weighted by Crippen LogP contribution is 2.53. The number of aromatic hydroxyl groups is 1.